The smallest absolute Gasteiger partial charge is 0.121 e. The summed E-state index contributed by atoms with van der Waals surface area (Å²) in [6, 6.07) is 62.6. The van der Waals surface area contributed by atoms with E-state index in [0.717, 1.165) is 22.5 Å². The topological polar surface area (TPSA) is 17.8 Å². The number of nitrogens with zero attached hydrogens (tertiary/aromatic N) is 2. The minimum atomic E-state index is -0.649. The monoisotopic (exact) mass is 602 g/mol. The first-order valence-electron chi connectivity index (χ1n) is 15.2. The first-order chi connectivity index (χ1) is 22.1. The molecule has 0 bridgehead atoms. The van der Waals surface area contributed by atoms with Gasteiger partial charge in [0, 0.05) is 12.4 Å². The molecule has 3 heteroatoms. The molecule has 0 aliphatic rings. The van der Waals surface area contributed by atoms with Crippen molar-refractivity contribution in [2.24, 2.45) is 0 Å². The molecule has 1 aromatic heterocycles. The molecular weight excluding hydrogens is 568 g/mol. The molecule has 0 N–H and O–H groups in total. The van der Waals surface area contributed by atoms with Gasteiger partial charge in [0.25, 0.3) is 0 Å². The van der Waals surface area contributed by atoms with Gasteiger partial charge >= 0.3 is 0 Å². The zero-order valence-electron chi connectivity index (χ0n) is 25.2. The first kappa shape index (κ1) is 29.9. The van der Waals surface area contributed by atoms with Gasteiger partial charge in [-0.15, -0.1) is 11.6 Å². The molecular formula is C42H35ClN2. The maximum atomic E-state index is 7.12. The summed E-state index contributed by atoms with van der Waals surface area (Å²) in [6.45, 7) is 2.06. The molecule has 0 radical (unpaired) electrons. The van der Waals surface area contributed by atoms with Gasteiger partial charge in [-0.1, -0.05) is 182 Å². The van der Waals surface area contributed by atoms with Crippen LogP contribution in [0.1, 0.15) is 39.2 Å². The van der Waals surface area contributed by atoms with Crippen LogP contribution in [0.2, 0.25) is 0 Å². The minimum absolute atomic E-state index is 0.454. The molecule has 7 rings (SSSR count). The van der Waals surface area contributed by atoms with Gasteiger partial charge in [-0.05, 0) is 40.3 Å². The molecule has 0 saturated carbocycles. The normalized spacial score (nSPS) is 11.3. The van der Waals surface area contributed by atoms with Crippen molar-refractivity contribution >= 4 is 11.6 Å². The van der Waals surface area contributed by atoms with Crippen LogP contribution >= 0.6 is 11.6 Å². The molecule has 6 aromatic carbocycles. The van der Waals surface area contributed by atoms with Gasteiger partial charge in [0.05, 0.1) is 0 Å². The Morgan fingerprint density at radius 1 is 0.422 bits per heavy atom. The van der Waals surface area contributed by atoms with E-state index in [0.29, 0.717) is 0 Å². The van der Waals surface area contributed by atoms with Crippen LogP contribution in [0.15, 0.2) is 194 Å². The van der Waals surface area contributed by atoms with Crippen LogP contribution in [0.25, 0.3) is 0 Å². The fraction of sp³-hybridized carbons (Fsp3) is 0.0714. The standard InChI is InChI=1S/C23H20N2.C19H15Cl/c1-19-24-17-18-25(19)23(20-11-5-2-6-12-20,21-13-7-3-8-14-21)22-15-9-4-10-16-22;20-19(16-10-4-1-5-11-16,17-12-6-2-7-13-17)18-14-8-3-9-15-18/h2-18H,1H3;1-15H. The van der Waals surface area contributed by atoms with Crippen LogP contribution in [0.3, 0.4) is 0 Å². The molecule has 1 heterocycles. The van der Waals surface area contributed by atoms with Crippen molar-refractivity contribution in [1.29, 1.82) is 0 Å². The highest BCUT2D eigenvalue weighted by molar-refractivity contribution is 6.28. The van der Waals surface area contributed by atoms with Crippen molar-refractivity contribution in [2.75, 3.05) is 0 Å². The van der Waals surface area contributed by atoms with Crippen LogP contribution in [0.4, 0.5) is 0 Å². The Balaban J connectivity index is 0.000000163. The molecule has 45 heavy (non-hydrogen) atoms. The quantitative estimate of drug-likeness (QED) is 0.131. The number of halogens is 1. The Kier molecular flexibility index (Phi) is 9.05. The lowest BCUT2D eigenvalue weighted by Crippen LogP contribution is -2.38. The molecule has 2 nitrogen and oxygen atoms in total. The SMILES string of the molecule is Cc1nccn1C(c1ccccc1)(c1ccccc1)c1ccccc1.ClC(c1ccccc1)(c1ccccc1)c1ccccc1. The second-order valence-electron chi connectivity index (χ2n) is 10.9. The van der Waals surface area contributed by atoms with Crippen LogP contribution in [0, 0.1) is 6.92 Å². The third-order valence-electron chi connectivity index (χ3n) is 8.28. The average molecular weight is 603 g/mol. The number of aromatic nitrogens is 2. The highest BCUT2D eigenvalue weighted by Crippen LogP contribution is 2.43. The fourth-order valence-electron chi connectivity index (χ4n) is 6.19. The van der Waals surface area contributed by atoms with E-state index in [1.165, 1.54) is 16.7 Å². The van der Waals surface area contributed by atoms with Crippen molar-refractivity contribution in [3.63, 3.8) is 0 Å². The minimum Gasteiger partial charge on any atom is -0.317 e. The van der Waals surface area contributed by atoms with E-state index >= 15 is 0 Å². The van der Waals surface area contributed by atoms with Gasteiger partial charge in [0.1, 0.15) is 16.2 Å². The zero-order valence-corrected chi connectivity index (χ0v) is 26.0. The number of hydrogen-bond acceptors (Lipinski definition) is 1. The summed E-state index contributed by atoms with van der Waals surface area (Å²) in [6.07, 6.45) is 3.95. The Morgan fingerprint density at radius 3 is 0.933 bits per heavy atom. The third-order valence-corrected chi connectivity index (χ3v) is 8.93. The summed E-state index contributed by atoms with van der Waals surface area (Å²) in [5.41, 5.74) is 6.44. The number of aryl methyl sites for hydroxylation is 1. The lowest BCUT2D eigenvalue weighted by Gasteiger charge is -2.38. The van der Waals surface area contributed by atoms with E-state index in [4.69, 9.17) is 11.6 Å². The van der Waals surface area contributed by atoms with Gasteiger partial charge in [-0.25, -0.2) is 4.98 Å². The summed E-state index contributed by atoms with van der Waals surface area (Å²) in [5, 5.41) is 0. The predicted molar refractivity (Wildman–Crippen MR) is 187 cm³/mol. The van der Waals surface area contributed by atoms with Gasteiger partial charge in [0.15, 0.2) is 0 Å². The second-order valence-corrected chi connectivity index (χ2v) is 11.5. The van der Waals surface area contributed by atoms with E-state index in [2.05, 4.69) is 150 Å². The predicted octanol–water partition coefficient (Wildman–Crippen LogP) is 10.2. The van der Waals surface area contributed by atoms with Crippen molar-refractivity contribution in [3.8, 4) is 0 Å². The van der Waals surface area contributed by atoms with Crippen molar-refractivity contribution in [3.05, 3.63) is 234 Å². The lowest BCUT2D eigenvalue weighted by molar-refractivity contribution is 0.502. The molecule has 0 saturated heterocycles. The Morgan fingerprint density at radius 2 is 0.689 bits per heavy atom. The Bertz CT molecular complexity index is 1690. The maximum Gasteiger partial charge on any atom is 0.121 e. The third kappa shape index (κ3) is 5.85. The van der Waals surface area contributed by atoms with E-state index in [1.807, 2.05) is 60.8 Å². The maximum absolute atomic E-state index is 7.12. The highest BCUT2D eigenvalue weighted by Gasteiger charge is 2.39. The lowest BCUT2D eigenvalue weighted by atomic mass is 9.76. The Labute approximate surface area is 271 Å². The van der Waals surface area contributed by atoms with Gasteiger partial charge < -0.3 is 4.57 Å². The van der Waals surface area contributed by atoms with E-state index in [-0.39, 0.29) is 0 Å². The molecule has 220 valence electrons. The highest BCUT2D eigenvalue weighted by atomic mass is 35.5. The van der Waals surface area contributed by atoms with Gasteiger partial charge in [-0.3, -0.25) is 0 Å². The average Bonchev–Trinajstić information content (AvgIpc) is 3.57. The summed E-state index contributed by atoms with van der Waals surface area (Å²) in [5.74, 6) is 0.983. The molecule has 7 aromatic rings. The number of benzene rings is 6. The van der Waals surface area contributed by atoms with Crippen LogP contribution < -0.4 is 0 Å². The summed E-state index contributed by atoms with van der Waals surface area (Å²) in [4.78, 5) is 3.87. The summed E-state index contributed by atoms with van der Waals surface area (Å²) >= 11 is 7.12. The van der Waals surface area contributed by atoms with E-state index in [9.17, 15) is 0 Å². The van der Waals surface area contributed by atoms with E-state index < -0.39 is 10.4 Å². The second kappa shape index (κ2) is 13.6. The van der Waals surface area contributed by atoms with Crippen molar-refractivity contribution in [2.45, 2.75) is 17.3 Å². The Hall–Kier alpha value is -5.18. The number of hydrogen-bond donors (Lipinski definition) is 0. The molecule has 0 fully saturated rings. The number of alkyl halides is 1. The number of rotatable bonds is 7. The van der Waals surface area contributed by atoms with E-state index in [1.54, 1.807) is 0 Å². The largest absolute Gasteiger partial charge is 0.317 e. The molecule has 0 spiro atoms. The van der Waals surface area contributed by atoms with Crippen LogP contribution in [-0.2, 0) is 10.4 Å². The molecule has 0 aliphatic carbocycles. The van der Waals surface area contributed by atoms with Crippen LogP contribution in [-0.4, -0.2) is 9.55 Å². The molecule has 0 atom stereocenters. The van der Waals surface area contributed by atoms with Gasteiger partial charge in [0.2, 0.25) is 0 Å². The van der Waals surface area contributed by atoms with Gasteiger partial charge in [-0.2, -0.15) is 0 Å². The summed E-state index contributed by atoms with van der Waals surface area (Å²) < 4.78 is 2.27. The number of imidazole rings is 1. The molecule has 0 aliphatic heterocycles. The zero-order chi connectivity index (χ0) is 31.0. The van der Waals surface area contributed by atoms with Crippen molar-refractivity contribution < 1.29 is 0 Å². The molecule has 0 unspecified atom stereocenters. The fourth-order valence-corrected chi connectivity index (χ4v) is 6.57. The molecule has 0 amide bonds. The van der Waals surface area contributed by atoms with Crippen LogP contribution in [0.5, 0.6) is 0 Å². The first-order valence-corrected chi connectivity index (χ1v) is 15.6. The summed E-state index contributed by atoms with van der Waals surface area (Å²) in [7, 11) is 0. The van der Waals surface area contributed by atoms with Crippen molar-refractivity contribution in [1.82, 2.24) is 9.55 Å².